The molecule has 8 heteroatoms. The molecule has 0 unspecified atom stereocenters. The molecule has 0 aliphatic carbocycles. The third-order valence-electron chi connectivity index (χ3n) is 6.29. The van der Waals surface area contributed by atoms with Crippen LogP contribution < -0.4 is 15.4 Å². The number of benzene rings is 2. The number of unbranched alkanes of at least 4 members (excludes halogenated alkanes) is 1. The maximum Gasteiger partial charge on any atom is 0.241 e. The molecule has 1 aliphatic heterocycles. The molecular weight excluding hydrogens is 450 g/mol. The minimum absolute atomic E-state index is 0.0786. The van der Waals surface area contributed by atoms with Crippen LogP contribution in [0, 0.1) is 5.92 Å². The molecule has 0 saturated heterocycles. The third-order valence-corrected chi connectivity index (χ3v) is 7.76. The molecule has 0 aromatic heterocycles. The van der Waals surface area contributed by atoms with Crippen molar-refractivity contribution in [2.24, 2.45) is 5.92 Å². The molecule has 1 heterocycles. The Morgan fingerprint density at radius 2 is 1.85 bits per heavy atom. The van der Waals surface area contributed by atoms with E-state index in [1.165, 1.54) is 6.07 Å². The smallest absolute Gasteiger partial charge is 0.241 e. The number of amides is 2. The van der Waals surface area contributed by atoms with E-state index in [-0.39, 0.29) is 23.1 Å². The van der Waals surface area contributed by atoms with Crippen LogP contribution in [-0.4, -0.2) is 32.8 Å². The zero-order valence-corrected chi connectivity index (χ0v) is 20.8. The highest BCUT2D eigenvalue weighted by Gasteiger charge is 2.27. The minimum atomic E-state index is -3.95. The fourth-order valence-electron chi connectivity index (χ4n) is 4.13. The Kier molecular flexibility index (Phi) is 9.24. The molecule has 2 aromatic carbocycles. The van der Waals surface area contributed by atoms with Crippen LogP contribution in [0.2, 0.25) is 0 Å². The van der Waals surface area contributed by atoms with Gasteiger partial charge in [0.1, 0.15) is 6.04 Å². The zero-order valence-electron chi connectivity index (χ0n) is 20.0. The summed E-state index contributed by atoms with van der Waals surface area (Å²) in [4.78, 5) is 24.8. The van der Waals surface area contributed by atoms with E-state index in [0.717, 1.165) is 36.8 Å². The van der Waals surface area contributed by atoms with Gasteiger partial charge in [-0.15, -0.1) is 0 Å². The summed E-state index contributed by atoms with van der Waals surface area (Å²) in [7, 11) is -3.95. The average molecular weight is 486 g/mol. The van der Waals surface area contributed by atoms with Gasteiger partial charge in [-0.25, -0.2) is 8.42 Å². The number of carbonyl (C=O) groups is 2. The van der Waals surface area contributed by atoms with Crippen LogP contribution in [0.25, 0.3) is 0 Å². The van der Waals surface area contributed by atoms with E-state index >= 15 is 0 Å². The molecule has 0 radical (unpaired) electrons. The van der Waals surface area contributed by atoms with Crippen LogP contribution in [0.3, 0.4) is 0 Å². The van der Waals surface area contributed by atoms with E-state index in [4.69, 9.17) is 0 Å². The maximum absolute atomic E-state index is 13.2. The Morgan fingerprint density at radius 1 is 1.09 bits per heavy atom. The fraction of sp³-hybridized carbons (Fsp3) is 0.462. The standard InChI is InChI=1S/C26H35N3O4S/c1-3-5-9-19(4-2)18-27-26(31)24(16-20-10-7-6-8-11-20)29-34(32,33)22-13-14-23-21(17-22)12-15-25(30)28-23/h6-8,10-11,13-14,17,19,24,29H,3-5,9,12,15-16,18H2,1-2H3,(H,27,31)(H,28,30)/t19-,24-/m1/s1. The van der Waals surface area contributed by atoms with E-state index in [9.17, 15) is 18.0 Å². The van der Waals surface area contributed by atoms with Crippen molar-refractivity contribution >= 4 is 27.5 Å². The molecule has 7 nitrogen and oxygen atoms in total. The summed E-state index contributed by atoms with van der Waals surface area (Å²) in [5, 5.41) is 5.74. The SMILES string of the molecule is CCCC[C@@H](CC)CNC(=O)[C@@H](Cc1ccccc1)NS(=O)(=O)c1ccc2c(c1)CCC(=O)N2. The topological polar surface area (TPSA) is 104 Å². The van der Waals surface area contributed by atoms with Gasteiger partial charge in [-0.05, 0) is 54.5 Å². The second-order valence-corrected chi connectivity index (χ2v) is 10.6. The van der Waals surface area contributed by atoms with Gasteiger partial charge in [0.25, 0.3) is 0 Å². The molecule has 1 aliphatic rings. The van der Waals surface area contributed by atoms with Crippen LogP contribution in [0.5, 0.6) is 0 Å². The first-order valence-electron chi connectivity index (χ1n) is 12.1. The molecule has 0 fully saturated rings. The average Bonchev–Trinajstić information content (AvgIpc) is 2.83. The third kappa shape index (κ3) is 7.14. The molecule has 0 spiro atoms. The number of nitrogens with one attached hydrogen (secondary N) is 3. The molecule has 34 heavy (non-hydrogen) atoms. The van der Waals surface area contributed by atoms with Crippen molar-refractivity contribution in [2.75, 3.05) is 11.9 Å². The first-order chi connectivity index (χ1) is 16.3. The Balaban J connectivity index is 1.77. The predicted molar refractivity (Wildman–Crippen MR) is 134 cm³/mol. The lowest BCUT2D eigenvalue weighted by molar-refractivity contribution is -0.123. The van der Waals surface area contributed by atoms with Gasteiger partial charge in [0.05, 0.1) is 4.90 Å². The first kappa shape index (κ1) is 25.9. The molecular formula is C26H35N3O4S. The molecule has 2 amide bonds. The monoisotopic (exact) mass is 485 g/mol. The molecule has 2 atom stereocenters. The summed E-state index contributed by atoms with van der Waals surface area (Å²) in [6, 6.07) is 13.1. The summed E-state index contributed by atoms with van der Waals surface area (Å²) in [5.41, 5.74) is 2.27. The number of sulfonamides is 1. The van der Waals surface area contributed by atoms with Crippen molar-refractivity contribution < 1.29 is 18.0 Å². The van der Waals surface area contributed by atoms with Crippen molar-refractivity contribution in [2.45, 2.75) is 69.7 Å². The number of hydrogen-bond acceptors (Lipinski definition) is 4. The summed E-state index contributed by atoms with van der Waals surface area (Å²) in [5.74, 6) is -0.0357. The van der Waals surface area contributed by atoms with Gasteiger partial charge in [-0.2, -0.15) is 4.72 Å². The highest BCUT2D eigenvalue weighted by molar-refractivity contribution is 7.89. The molecule has 184 valence electrons. The van der Waals surface area contributed by atoms with Gasteiger partial charge in [0.15, 0.2) is 0 Å². The molecule has 3 rings (SSSR count). The van der Waals surface area contributed by atoms with Crippen LogP contribution in [0.15, 0.2) is 53.4 Å². The predicted octanol–water partition coefficient (Wildman–Crippen LogP) is 3.79. The number of anilines is 1. The lowest BCUT2D eigenvalue weighted by Gasteiger charge is -2.22. The Bertz CT molecular complexity index is 1090. The fourth-order valence-corrected chi connectivity index (χ4v) is 5.38. The van der Waals surface area contributed by atoms with E-state index in [1.54, 1.807) is 12.1 Å². The van der Waals surface area contributed by atoms with E-state index in [1.807, 2.05) is 30.3 Å². The van der Waals surface area contributed by atoms with Crippen molar-refractivity contribution in [1.29, 1.82) is 0 Å². The van der Waals surface area contributed by atoms with Crippen molar-refractivity contribution in [1.82, 2.24) is 10.0 Å². The molecule has 2 aromatic rings. The number of aryl methyl sites for hydroxylation is 1. The quantitative estimate of drug-likeness (QED) is 0.425. The number of hydrogen-bond donors (Lipinski definition) is 3. The van der Waals surface area contributed by atoms with Crippen LogP contribution in [0.1, 0.15) is 57.1 Å². The molecule has 3 N–H and O–H groups in total. The van der Waals surface area contributed by atoms with Crippen molar-refractivity contribution in [3.8, 4) is 0 Å². The van der Waals surface area contributed by atoms with Gasteiger partial charge in [0, 0.05) is 18.7 Å². The van der Waals surface area contributed by atoms with Crippen LogP contribution >= 0.6 is 0 Å². The Morgan fingerprint density at radius 3 is 2.56 bits per heavy atom. The second-order valence-electron chi connectivity index (χ2n) is 8.89. The summed E-state index contributed by atoms with van der Waals surface area (Å²) >= 11 is 0. The molecule has 0 bridgehead atoms. The zero-order chi connectivity index (χ0) is 24.6. The first-order valence-corrected chi connectivity index (χ1v) is 13.6. The van der Waals surface area contributed by atoms with Gasteiger partial charge in [-0.1, -0.05) is 63.4 Å². The largest absolute Gasteiger partial charge is 0.354 e. The number of carbonyl (C=O) groups excluding carboxylic acids is 2. The maximum atomic E-state index is 13.2. The Labute approximate surface area is 202 Å². The minimum Gasteiger partial charge on any atom is -0.354 e. The second kappa shape index (κ2) is 12.1. The lowest BCUT2D eigenvalue weighted by Crippen LogP contribution is -2.48. The van der Waals surface area contributed by atoms with E-state index < -0.39 is 16.1 Å². The van der Waals surface area contributed by atoms with Gasteiger partial charge < -0.3 is 10.6 Å². The van der Waals surface area contributed by atoms with E-state index in [2.05, 4.69) is 29.2 Å². The van der Waals surface area contributed by atoms with Crippen LogP contribution in [-0.2, 0) is 32.5 Å². The van der Waals surface area contributed by atoms with Crippen LogP contribution in [0.4, 0.5) is 5.69 Å². The van der Waals surface area contributed by atoms with Gasteiger partial charge in [0.2, 0.25) is 21.8 Å². The summed E-state index contributed by atoms with van der Waals surface area (Å²) in [6.07, 6.45) is 5.25. The Hall–Kier alpha value is -2.71. The summed E-state index contributed by atoms with van der Waals surface area (Å²) < 4.78 is 29.1. The van der Waals surface area contributed by atoms with Crippen molar-refractivity contribution in [3.63, 3.8) is 0 Å². The molecule has 0 saturated carbocycles. The normalized spacial score (nSPS) is 15.2. The lowest BCUT2D eigenvalue weighted by atomic mass is 9.99. The highest BCUT2D eigenvalue weighted by atomic mass is 32.2. The van der Waals surface area contributed by atoms with Gasteiger partial charge >= 0.3 is 0 Å². The van der Waals surface area contributed by atoms with Crippen molar-refractivity contribution in [3.05, 3.63) is 59.7 Å². The van der Waals surface area contributed by atoms with Gasteiger partial charge in [-0.3, -0.25) is 9.59 Å². The summed E-state index contributed by atoms with van der Waals surface area (Å²) in [6.45, 7) is 4.78. The van der Waals surface area contributed by atoms with E-state index in [0.29, 0.717) is 31.0 Å². The number of fused-ring (bicyclic) bond motifs is 1. The highest BCUT2D eigenvalue weighted by Crippen LogP contribution is 2.25. The number of rotatable bonds is 12.